The molecule has 0 aliphatic carbocycles. The number of ether oxygens (including phenoxy) is 3. The van der Waals surface area contributed by atoms with Crippen molar-refractivity contribution in [1.82, 2.24) is 0 Å². The van der Waals surface area contributed by atoms with Crippen LogP contribution in [-0.2, 0) is 14.8 Å². The van der Waals surface area contributed by atoms with Crippen LogP contribution in [0.1, 0.15) is 10.4 Å². The van der Waals surface area contributed by atoms with Crippen LogP contribution < -0.4 is 14.2 Å². The molecule has 3 aromatic carbocycles. The summed E-state index contributed by atoms with van der Waals surface area (Å²) in [4.78, 5) is 11.3. The molecule has 3 aromatic rings. The predicted octanol–water partition coefficient (Wildman–Crippen LogP) is 4.00. The van der Waals surface area contributed by atoms with Crippen molar-refractivity contribution in [3.8, 4) is 17.2 Å². The highest BCUT2D eigenvalue weighted by atomic mass is 32.2. The van der Waals surface area contributed by atoms with Crippen LogP contribution in [0, 0.1) is 0 Å². The number of methoxy groups -OCH3 is 1. The van der Waals surface area contributed by atoms with Gasteiger partial charge < -0.3 is 19.3 Å². The number of sulfonamides is 1. The molecule has 0 amide bonds. The van der Waals surface area contributed by atoms with E-state index >= 15 is 0 Å². The summed E-state index contributed by atoms with van der Waals surface area (Å²) in [6.45, 7) is 0.745. The number of carboxylic acids is 1. The minimum atomic E-state index is -4.02. The number of nitrogens with one attached hydrogen (secondary N) is 1. The van der Waals surface area contributed by atoms with Crippen molar-refractivity contribution < 1.29 is 32.5 Å². The molecule has 0 aromatic heterocycles. The number of aromatic carboxylic acids is 1. The zero-order valence-electron chi connectivity index (χ0n) is 16.6. The van der Waals surface area contributed by atoms with Crippen LogP contribution in [0.2, 0.25) is 0 Å². The standard InChI is InChI=1S/C22H21NO7S/c1-28-13-14-29-17-8-10-19(11-9-17)31(26,27)23-20-15-16(22(24)25)7-12-21(20)30-18-5-3-2-4-6-18/h2-12,15,23H,13-14H2,1H3,(H,24,25). The Morgan fingerprint density at radius 3 is 2.29 bits per heavy atom. The average Bonchev–Trinajstić information content (AvgIpc) is 2.76. The van der Waals surface area contributed by atoms with Crippen molar-refractivity contribution in [2.45, 2.75) is 4.90 Å². The summed E-state index contributed by atoms with van der Waals surface area (Å²) in [6, 6.07) is 18.5. The Bertz CT molecular complexity index is 1130. The molecular formula is C22H21NO7S. The molecule has 0 saturated heterocycles. The maximum atomic E-state index is 12.9. The first-order valence-electron chi connectivity index (χ1n) is 9.24. The van der Waals surface area contributed by atoms with E-state index < -0.39 is 16.0 Å². The lowest BCUT2D eigenvalue weighted by Gasteiger charge is -2.14. The maximum absolute atomic E-state index is 12.9. The van der Waals surface area contributed by atoms with Crippen LogP contribution in [0.3, 0.4) is 0 Å². The van der Waals surface area contributed by atoms with Gasteiger partial charge in [0.2, 0.25) is 0 Å². The quantitative estimate of drug-likeness (QED) is 0.456. The molecule has 2 N–H and O–H groups in total. The van der Waals surface area contributed by atoms with E-state index in [1.54, 1.807) is 31.4 Å². The first-order chi connectivity index (χ1) is 14.9. The van der Waals surface area contributed by atoms with Crippen LogP contribution in [0.4, 0.5) is 5.69 Å². The van der Waals surface area contributed by atoms with Crippen LogP contribution in [0.5, 0.6) is 17.2 Å². The van der Waals surface area contributed by atoms with E-state index in [2.05, 4.69) is 4.72 Å². The van der Waals surface area contributed by atoms with Gasteiger partial charge in [0.15, 0.2) is 5.75 Å². The van der Waals surface area contributed by atoms with E-state index in [1.165, 1.54) is 42.5 Å². The minimum Gasteiger partial charge on any atom is -0.491 e. The Morgan fingerprint density at radius 1 is 0.935 bits per heavy atom. The van der Waals surface area contributed by atoms with Gasteiger partial charge >= 0.3 is 5.97 Å². The molecular weight excluding hydrogens is 422 g/mol. The van der Waals surface area contributed by atoms with Crippen molar-refractivity contribution in [2.24, 2.45) is 0 Å². The number of para-hydroxylation sites is 1. The fraction of sp³-hybridized carbons (Fsp3) is 0.136. The minimum absolute atomic E-state index is 0.00386. The highest BCUT2D eigenvalue weighted by Gasteiger charge is 2.19. The van der Waals surface area contributed by atoms with Crippen molar-refractivity contribution in [1.29, 1.82) is 0 Å². The molecule has 9 heteroatoms. The van der Waals surface area contributed by atoms with E-state index in [-0.39, 0.29) is 21.9 Å². The molecule has 0 aliphatic rings. The summed E-state index contributed by atoms with van der Waals surface area (Å²) in [7, 11) is -2.46. The summed E-state index contributed by atoms with van der Waals surface area (Å²) in [6.07, 6.45) is 0. The highest BCUT2D eigenvalue weighted by Crippen LogP contribution is 2.32. The fourth-order valence-electron chi connectivity index (χ4n) is 2.61. The third-order valence-corrected chi connectivity index (χ3v) is 5.51. The number of benzene rings is 3. The molecule has 0 heterocycles. The highest BCUT2D eigenvalue weighted by molar-refractivity contribution is 7.92. The smallest absolute Gasteiger partial charge is 0.335 e. The van der Waals surface area contributed by atoms with Gasteiger partial charge in [-0.3, -0.25) is 4.72 Å². The molecule has 3 rings (SSSR count). The molecule has 0 bridgehead atoms. The van der Waals surface area contributed by atoms with Gasteiger partial charge in [-0.05, 0) is 54.6 Å². The van der Waals surface area contributed by atoms with Crippen molar-refractivity contribution >= 4 is 21.7 Å². The molecule has 0 saturated carbocycles. The van der Waals surface area contributed by atoms with Crippen LogP contribution >= 0.6 is 0 Å². The lowest BCUT2D eigenvalue weighted by Crippen LogP contribution is -2.14. The summed E-state index contributed by atoms with van der Waals surface area (Å²) < 4.78 is 44.3. The number of rotatable bonds is 10. The summed E-state index contributed by atoms with van der Waals surface area (Å²) >= 11 is 0. The summed E-state index contributed by atoms with van der Waals surface area (Å²) in [5, 5.41) is 9.28. The van der Waals surface area contributed by atoms with Gasteiger partial charge in [0.05, 0.1) is 22.8 Å². The topological polar surface area (TPSA) is 111 Å². The van der Waals surface area contributed by atoms with Gasteiger partial charge in [0.25, 0.3) is 10.0 Å². The molecule has 8 nitrogen and oxygen atoms in total. The third kappa shape index (κ3) is 5.97. The Labute approximate surface area is 180 Å². The molecule has 31 heavy (non-hydrogen) atoms. The largest absolute Gasteiger partial charge is 0.491 e. The number of hydrogen-bond acceptors (Lipinski definition) is 6. The lowest BCUT2D eigenvalue weighted by molar-refractivity contribution is 0.0697. The van der Waals surface area contributed by atoms with Crippen molar-refractivity contribution in [3.05, 3.63) is 78.4 Å². The maximum Gasteiger partial charge on any atom is 0.335 e. The van der Waals surface area contributed by atoms with Crippen LogP contribution in [0.15, 0.2) is 77.7 Å². The molecule has 162 valence electrons. The first-order valence-corrected chi connectivity index (χ1v) is 10.7. The zero-order valence-corrected chi connectivity index (χ0v) is 17.5. The number of carbonyl (C=O) groups is 1. The van der Waals surface area contributed by atoms with Gasteiger partial charge in [-0.2, -0.15) is 0 Å². The molecule has 0 aliphatic heterocycles. The molecule has 0 atom stereocenters. The first kappa shape index (κ1) is 22.1. The second-order valence-electron chi connectivity index (χ2n) is 6.35. The van der Waals surface area contributed by atoms with Crippen molar-refractivity contribution in [2.75, 3.05) is 25.0 Å². The average molecular weight is 443 g/mol. The van der Waals surface area contributed by atoms with Crippen LogP contribution in [0.25, 0.3) is 0 Å². The van der Waals surface area contributed by atoms with E-state index in [9.17, 15) is 18.3 Å². The molecule has 0 radical (unpaired) electrons. The van der Waals surface area contributed by atoms with Gasteiger partial charge in [-0.15, -0.1) is 0 Å². The third-order valence-electron chi connectivity index (χ3n) is 4.13. The number of hydrogen-bond donors (Lipinski definition) is 2. The van der Waals surface area contributed by atoms with Crippen molar-refractivity contribution in [3.63, 3.8) is 0 Å². The van der Waals surface area contributed by atoms with E-state index in [0.29, 0.717) is 24.7 Å². The second kappa shape index (κ2) is 9.96. The SMILES string of the molecule is COCCOc1ccc(S(=O)(=O)Nc2cc(C(=O)O)ccc2Oc2ccccc2)cc1. The van der Waals surface area contributed by atoms with E-state index in [1.807, 2.05) is 6.07 Å². The Morgan fingerprint density at radius 2 is 1.65 bits per heavy atom. The van der Waals surface area contributed by atoms with E-state index in [4.69, 9.17) is 14.2 Å². The van der Waals surface area contributed by atoms with Crippen LogP contribution in [-0.4, -0.2) is 39.8 Å². The molecule has 0 spiro atoms. The number of anilines is 1. The number of carboxylic acid groups (broad SMARTS) is 1. The summed E-state index contributed by atoms with van der Waals surface area (Å²) in [5.74, 6) is -0.0517. The Balaban J connectivity index is 1.86. The molecule has 0 unspecified atom stereocenters. The van der Waals surface area contributed by atoms with Gasteiger partial charge in [0.1, 0.15) is 18.1 Å². The second-order valence-corrected chi connectivity index (χ2v) is 8.03. The monoisotopic (exact) mass is 443 g/mol. The van der Waals surface area contributed by atoms with E-state index in [0.717, 1.165) is 0 Å². The van der Waals surface area contributed by atoms with Gasteiger partial charge in [-0.25, -0.2) is 13.2 Å². The normalized spacial score (nSPS) is 11.0. The summed E-state index contributed by atoms with van der Waals surface area (Å²) in [5.41, 5.74) is -0.0795. The molecule has 0 fully saturated rings. The Hall–Kier alpha value is -3.56. The lowest BCUT2D eigenvalue weighted by atomic mass is 10.2. The predicted molar refractivity (Wildman–Crippen MR) is 115 cm³/mol. The fourth-order valence-corrected chi connectivity index (χ4v) is 3.67. The van der Waals surface area contributed by atoms with Gasteiger partial charge in [0, 0.05) is 7.11 Å². The Kier molecular flexibility index (Phi) is 7.11. The zero-order chi connectivity index (χ0) is 22.3. The van der Waals surface area contributed by atoms with Gasteiger partial charge in [-0.1, -0.05) is 18.2 Å².